The van der Waals surface area contributed by atoms with Crippen LogP contribution in [0.1, 0.15) is 5.56 Å². The number of nitrogens with zero attached hydrogens (tertiary/aromatic N) is 2. The monoisotopic (exact) mass is 273 g/mol. The van der Waals surface area contributed by atoms with Crippen molar-refractivity contribution in [3.8, 4) is 11.3 Å². The molecule has 0 aliphatic carbocycles. The van der Waals surface area contributed by atoms with Crippen molar-refractivity contribution in [3.63, 3.8) is 0 Å². The molecule has 3 nitrogen and oxygen atoms in total. The summed E-state index contributed by atoms with van der Waals surface area (Å²) in [5.74, 6) is 0.0762. The van der Waals surface area contributed by atoms with Crippen molar-refractivity contribution in [2.75, 3.05) is 5.73 Å². The smallest absolute Gasteiger partial charge is 0.381 e. The standard InChI is InChI=1S/C11H7ClF3N3/c12-8-5-9(17-18-10(8)16)6-1-3-7(4-2-6)11(13,14)15/h1-5H,(H2,16,18). The van der Waals surface area contributed by atoms with E-state index in [1.165, 1.54) is 18.2 Å². The Morgan fingerprint density at radius 3 is 2.17 bits per heavy atom. The molecule has 0 atom stereocenters. The fourth-order valence-electron chi connectivity index (χ4n) is 1.35. The number of hydrogen-bond donors (Lipinski definition) is 1. The Hall–Kier alpha value is -1.82. The maximum absolute atomic E-state index is 12.4. The minimum atomic E-state index is -4.36. The minimum absolute atomic E-state index is 0.0762. The molecule has 1 aromatic heterocycles. The summed E-state index contributed by atoms with van der Waals surface area (Å²) < 4.78 is 37.1. The molecule has 0 spiro atoms. The number of rotatable bonds is 1. The Bertz CT molecular complexity index is 567. The van der Waals surface area contributed by atoms with Crippen LogP contribution in [0.4, 0.5) is 19.0 Å². The molecular weight excluding hydrogens is 267 g/mol. The molecule has 0 aliphatic rings. The van der Waals surface area contributed by atoms with Crippen molar-refractivity contribution in [1.29, 1.82) is 0 Å². The van der Waals surface area contributed by atoms with E-state index in [0.29, 0.717) is 11.3 Å². The third-order valence-electron chi connectivity index (χ3n) is 2.28. The van der Waals surface area contributed by atoms with Gasteiger partial charge in [0.05, 0.1) is 16.3 Å². The molecule has 0 unspecified atom stereocenters. The second-order valence-electron chi connectivity index (χ2n) is 3.54. The predicted molar refractivity (Wildman–Crippen MR) is 61.9 cm³/mol. The lowest BCUT2D eigenvalue weighted by molar-refractivity contribution is -0.137. The van der Waals surface area contributed by atoms with Crippen LogP contribution < -0.4 is 5.73 Å². The van der Waals surface area contributed by atoms with Crippen LogP contribution in [0.5, 0.6) is 0 Å². The molecule has 1 heterocycles. The van der Waals surface area contributed by atoms with E-state index in [0.717, 1.165) is 12.1 Å². The van der Waals surface area contributed by atoms with E-state index in [2.05, 4.69) is 10.2 Å². The molecular formula is C11H7ClF3N3. The molecule has 1 aromatic carbocycles. The van der Waals surface area contributed by atoms with Gasteiger partial charge in [0.1, 0.15) is 0 Å². The first-order chi connectivity index (χ1) is 8.38. The second-order valence-corrected chi connectivity index (χ2v) is 3.95. The molecule has 7 heteroatoms. The lowest BCUT2D eigenvalue weighted by Gasteiger charge is -2.07. The van der Waals surface area contributed by atoms with Crippen LogP contribution in [0.3, 0.4) is 0 Å². The number of hydrogen-bond acceptors (Lipinski definition) is 3. The molecule has 18 heavy (non-hydrogen) atoms. The van der Waals surface area contributed by atoms with Gasteiger partial charge in [-0.1, -0.05) is 23.7 Å². The summed E-state index contributed by atoms with van der Waals surface area (Å²) in [7, 11) is 0. The Balaban J connectivity index is 2.37. The highest BCUT2D eigenvalue weighted by Crippen LogP contribution is 2.31. The van der Waals surface area contributed by atoms with Crippen molar-refractivity contribution >= 4 is 17.4 Å². The topological polar surface area (TPSA) is 51.8 Å². The number of nitrogens with two attached hydrogens (primary N) is 1. The van der Waals surface area contributed by atoms with Gasteiger partial charge >= 0.3 is 6.18 Å². The molecule has 0 fully saturated rings. The molecule has 2 rings (SSSR count). The lowest BCUT2D eigenvalue weighted by Crippen LogP contribution is -2.04. The Labute approximate surface area is 105 Å². The molecule has 0 aliphatic heterocycles. The Morgan fingerprint density at radius 2 is 1.67 bits per heavy atom. The van der Waals surface area contributed by atoms with Crippen molar-refractivity contribution in [2.24, 2.45) is 0 Å². The highest BCUT2D eigenvalue weighted by molar-refractivity contribution is 6.32. The Kier molecular flexibility index (Phi) is 3.13. The van der Waals surface area contributed by atoms with Crippen molar-refractivity contribution in [3.05, 3.63) is 40.9 Å². The summed E-state index contributed by atoms with van der Waals surface area (Å²) in [5.41, 5.74) is 5.52. The number of nitrogen functional groups attached to an aromatic ring is 1. The van der Waals surface area contributed by atoms with Crippen molar-refractivity contribution < 1.29 is 13.2 Å². The third kappa shape index (κ3) is 2.53. The van der Waals surface area contributed by atoms with Gasteiger partial charge < -0.3 is 5.73 Å². The Morgan fingerprint density at radius 1 is 1.06 bits per heavy atom. The van der Waals surface area contributed by atoms with Crippen LogP contribution in [0, 0.1) is 0 Å². The van der Waals surface area contributed by atoms with Gasteiger partial charge in [0.2, 0.25) is 0 Å². The van der Waals surface area contributed by atoms with Crippen molar-refractivity contribution in [2.45, 2.75) is 6.18 Å². The van der Waals surface area contributed by atoms with E-state index in [1.54, 1.807) is 0 Å². The normalized spacial score (nSPS) is 11.6. The number of anilines is 1. The zero-order valence-electron chi connectivity index (χ0n) is 8.87. The first-order valence-corrected chi connectivity index (χ1v) is 5.22. The molecule has 2 aromatic rings. The lowest BCUT2D eigenvalue weighted by atomic mass is 10.1. The van der Waals surface area contributed by atoms with Crippen LogP contribution >= 0.6 is 11.6 Å². The number of benzene rings is 1. The summed E-state index contributed by atoms with van der Waals surface area (Å²) in [6.45, 7) is 0. The molecule has 0 radical (unpaired) electrons. The van der Waals surface area contributed by atoms with Gasteiger partial charge in [0, 0.05) is 5.56 Å². The molecule has 0 bridgehead atoms. The van der Waals surface area contributed by atoms with Gasteiger partial charge in [-0.25, -0.2) is 0 Å². The minimum Gasteiger partial charge on any atom is -0.381 e. The van der Waals surface area contributed by atoms with Gasteiger partial charge in [0.25, 0.3) is 0 Å². The molecule has 0 saturated heterocycles. The van der Waals surface area contributed by atoms with E-state index >= 15 is 0 Å². The van der Waals surface area contributed by atoms with Crippen LogP contribution in [-0.4, -0.2) is 10.2 Å². The van der Waals surface area contributed by atoms with E-state index in [4.69, 9.17) is 17.3 Å². The first kappa shape index (κ1) is 12.6. The van der Waals surface area contributed by atoms with E-state index < -0.39 is 11.7 Å². The average Bonchev–Trinajstić information content (AvgIpc) is 2.32. The largest absolute Gasteiger partial charge is 0.416 e. The SMILES string of the molecule is Nc1nnc(-c2ccc(C(F)(F)F)cc2)cc1Cl. The zero-order valence-corrected chi connectivity index (χ0v) is 9.63. The van der Waals surface area contributed by atoms with E-state index in [-0.39, 0.29) is 10.8 Å². The van der Waals surface area contributed by atoms with E-state index in [9.17, 15) is 13.2 Å². The molecule has 0 amide bonds. The predicted octanol–water partition coefficient (Wildman–Crippen LogP) is 3.40. The zero-order chi connectivity index (χ0) is 13.3. The van der Waals surface area contributed by atoms with Crippen LogP contribution in [0.25, 0.3) is 11.3 Å². The number of halogens is 4. The maximum Gasteiger partial charge on any atom is 0.416 e. The quantitative estimate of drug-likeness (QED) is 0.866. The summed E-state index contributed by atoms with van der Waals surface area (Å²) in [4.78, 5) is 0. The second kappa shape index (κ2) is 4.45. The van der Waals surface area contributed by atoms with Gasteiger partial charge in [0.15, 0.2) is 5.82 Å². The average molecular weight is 274 g/mol. The highest BCUT2D eigenvalue weighted by atomic mass is 35.5. The highest BCUT2D eigenvalue weighted by Gasteiger charge is 2.30. The number of aromatic nitrogens is 2. The molecule has 0 saturated carbocycles. The summed E-state index contributed by atoms with van der Waals surface area (Å²) in [6.07, 6.45) is -4.36. The maximum atomic E-state index is 12.4. The van der Waals surface area contributed by atoms with E-state index in [1.807, 2.05) is 0 Å². The van der Waals surface area contributed by atoms with Crippen molar-refractivity contribution in [1.82, 2.24) is 10.2 Å². The summed E-state index contributed by atoms with van der Waals surface area (Å²) in [5, 5.41) is 7.57. The van der Waals surface area contributed by atoms with Crippen LogP contribution in [0.15, 0.2) is 30.3 Å². The van der Waals surface area contributed by atoms with Gasteiger partial charge in [-0.15, -0.1) is 10.2 Å². The third-order valence-corrected chi connectivity index (χ3v) is 2.58. The van der Waals surface area contributed by atoms with Gasteiger partial charge in [-0.2, -0.15) is 13.2 Å². The molecule has 94 valence electrons. The fourth-order valence-corrected chi connectivity index (χ4v) is 1.49. The summed E-state index contributed by atoms with van der Waals surface area (Å²) in [6, 6.07) is 6.01. The fraction of sp³-hybridized carbons (Fsp3) is 0.0909. The first-order valence-electron chi connectivity index (χ1n) is 4.84. The number of alkyl halides is 3. The van der Waals surface area contributed by atoms with Gasteiger partial charge in [-0.05, 0) is 18.2 Å². The van der Waals surface area contributed by atoms with Gasteiger partial charge in [-0.3, -0.25) is 0 Å². The summed E-state index contributed by atoms with van der Waals surface area (Å²) >= 11 is 5.76. The molecule has 2 N–H and O–H groups in total. The van der Waals surface area contributed by atoms with Crippen LogP contribution in [0.2, 0.25) is 5.02 Å². The van der Waals surface area contributed by atoms with Crippen LogP contribution in [-0.2, 0) is 6.18 Å².